The van der Waals surface area contributed by atoms with Crippen LogP contribution in [0.25, 0.3) is 5.65 Å². The molecular formula is C15H14N6O. The Bertz CT molecular complexity index is 824. The van der Waals surface area contributed by atoms with Gasteiger partial charge in [0, 0.05) is 24.5 Å². The predicted octanol–water partition coefficient (Wildman–Crippen LogP) is 2.04. The van der Waals surface area contributed by atoms with E-state index in [0.717, 1.165) is 18.7 Å². The van der Waals surface area contributed by atoms with Gasteiger partial charge in [0.2, 0.25) is 0 Å². The van der Waals surface area contributed by atoms with Gasteiger partial charge in [-0.25, -0.2) is 4.98 Å². The van der Waals surface area contributed by atoms with Gasteiger partial charge in [-0.05, 0) is 25.0 Å². The molecule has 0 atom stereocenters. The second-order valence-corrected chi connectivity index (χ2v) is 5.35. The molecule has 3 aromatic heterocycles. The van der Waals surface area contributed by atoms with E-state index >= 15 is 0 Å². The van der Waals surface area contributed by atoms with E-state index in [1.807, 2.05) is 16.7 Å². The molecule has 0 bridgehead atoms. The maximum atomic E-state index is 12.4. The second kappa shape index (κ2) is 5.18. The molecular weight excluding hydrogens is 280 g/mol. The Hall–Kier alpha value is -2.83. The van der Waals surface area contributed by atoms with Crippen molar-refractivity contribution in [2.24, 2.45) is 0 Å². The van der Waals surface area contributed by atoms with E-state index in [1.54, 1.807) is 12.3 Å². The Morgan fingerprint density at radius 3 is 2.91 bits per heavy atom. The summed E-state index contributed by atoms with van der Waals surface area (Å²) < 4.78 is 1.91. The van der Waals surface area contributed by atoms with E-state index in [9.17, 15) is 4.79 Å². The number of anilines is 1. The van der Waals surface area contributed by atoms with Gasteiger partial charge in [-0.1, -0.05) is 6.42 Å². The van der Waals surface area contributed by atoms with Crippen molar-refractivity contribution in [3.63, 3.8) is 0 Å². The zero-order valence-corrected chi connectivity index (χ0v) is 11.8. The zero-order valence-electron chi connectivity index (χ0n) is 11.8. The van der Waals surface area contributed by atoms with Gasteiger partial charge >= 0.3 is 0 Å². The highest BCUT2D eigenvalue weighted by Crippen LogP contribution is 2.35. The maximum Gasteiger partial charge on any atom is 0.260 e. The van der Waals surface area contributed by atoms with Gasteiger partial charge < -0.3 is 5.32 Å². The summed E-state index contributed by atoms with van der Waals surface area (Å²) in [5.41, 5.74) is 1.05. The summed E-state index contributed by atoms with van der Waals surface area (Å²) in [6, 6.07) is 3.57. The van der Waals surface area contributed by atoms with Crippen molar-refractivity contribution < 1.29 is 4.79 Å². The van der Waals surface area contributed by atoms with Crippen LogP contribution in [0.4, 0.5) is 5.82 Å². The van der Waals surface area contributed by atoms with E-state index in [0.29, 0.717) is 22.9 Å². The standard InChI is InChI=1S/C15H14N6O/c22-15(18-12-9-16-6-7-17-12)11-5-2-8-21-13(10-3-1-4-10)19-20-14(11)21/h2,5-10H,1,3-4H2,(H,17,18,22). The monoisotopic (exact) mass is 294 g/mol. The summed E-state index contributed by atoms with van der Waals surface area (Å²) in [6.45, 7) is 0. The maximum absolute atomic E-state index is 12.4. The smallest absolute Gasteiger partial charge is 0.260 e. The summed E-state index contributed by atoms with van der Waals surface area (Å²) in [4.78, 5) is 20.4. The molecule has 1 aliphatic rings. The Balaban J connectivity index is 1.69. The van der Waals surface area contributed by atoms with E-state index in [1.165, 1.54) is 18.8 Å². The SMILES string of the molecule is O=C(Nc1cnccn1)c1cccn2c(C3CCC3)nnc12. The predicted molar refractivity (Wildman–Crippen MR) is 79.6 cm³/mol. The van der Waals surface area contributed by atoms with Gasteiger partial charge in [0.1, 0.15) is 5.82 Å². The van der Waals surface area contributed by atoms with E-state index < -0.39 is 0 Å². The van der Waals surface area contributed by atoms with Crippen LogP contribution in [0.15, 0.2) is 36.9 Å². The molecule has 3 aromatic rings. The first-order chi connectivity index (χ1) is 10.8. The molecule has 1 N–H and O–H groups in total. The minimum absolute atomic E-state index is 0.265. The summed E-state index contributed by atoms with van der Waals surface area (Å²) in [5, 5.41) is 11.2. The van der Waals surface area contributed by atoms with Crippen LogP contribution in [0, 0.1) is 0 Å². The van der Waals surface area contributed by atoms with Crippen molar-refractivity contribution in [1.29, 1.82) is 0 Å². The number of rotatable bonds is 3. The van der Waals surface area contributed by atoms with Crippen molar-refractivity contribution in [2.75, 3.05) is 5.32 Å². The molecule has 3 heterocycles. The van der Waals surface area contributed by atoms with Gasteiger partial charge in [0.05, 0.1) is 11.8 Å². The molecule has 0 unspecified atom stereocenters. The Morgan fingerprint density at radius 2 is 2.18 bits per heavy atom. The van der Waals surface area contributed by atoms with Crippen LogP contribution in [-0.2, 0) is 0 Å². The lowest BCUT2D eigenvalue weighted by atomic mass is 9.85. The molecule has 4 rings (SSSR count). The molecule has 1 amide bonds. The average molecular weight is 294 g/mol. The van der Waals surface area contributed by atoms with Crippen LogP contribution in [0.3, 0.4) is 0 Å². The Kier molecular flexibility index (Phi) is 3.03. The van der Waals surface area contributed by atoms with Crippen molar-refractivity contribution in [3.05, 3.63) is 48.3 Å². The minimum atomic E-state index is -0.265. The number of nitrogens with one attached hydrogen (secondary N) is 1. The zero-order chi connectivity index (χ0) is 14.9. The Labute approximate surface area is 126 Å². The summed E-state index contributed by atoms with van der Waals surface area (Å²) in [6.07, 6.45) is 9.99. The summed E-state index contributed by atoms with van der Waals surface area (Å²) in [5.74, 6) is 1.54. The lowest BCUT2D eigenvalue weighted by molar-refractivity contribution is 0.102. The van der Waals surface area contributed by atoms with Gasteiger partial charge in [0.25, 0.3) is 5.91 Å². The first-order valence-electron chi connectivity index (χ1n) is 7.24. The van der Waals surface area contributed by atoms with Gasteiger partial charge in [0.15, 0.2) is 11.5 Å². The van der Waals surface area contributed by atoms with Crippen molar-refractivity contribution in [3.8, 4) is 0 Å². The lowest BCUT2D eigenvalue weighted by Gasteiger charge is -2.23. The number of carbonyl (C=O) groups excluding carboxylic acids is 1. The van der Waals surface area contributed by atoms with Crippen LogP contribution in [0.1, 0.15) is 41.4 Å². The summed E-state index contributed by atoms with van der Waals surface area (Å²) in [7, 11) is 0. The first kappa shape index (κ1) is 12.9. The molecule has 0 spiro atoms. The molecule has 7 nitrogen and oxygen atoms in total. The fourth-order valence-corrected chi connectivity index (χ4v) is 2.60. The highest BCUT2D eigenvalue weighted by atomic mass is 16.1. The van der Waals surface area contributed by atoms with Crippen LogP contribution in [-0.4, -0.2) is 30.5 Å². The fraction of sp³-hybridized carbons (Fsp3) is 0.267. The molecule has 0 radical (unpaired) electrons. The van der Waals surface area contributed by atoms with E-state index in [4.69, 9.17) is 0 Å². The third kappa shape index (κ3) is 2.11. The number of pyridine rings is 1. The third-order valence-corrected chi connectivity index (χ3v) is 3.98. The molecule has 1 saturated carbocycles. The molecule has 1 aliphatic carbocycles. The van der Waals surface area contributed by atoms with E-state index in [2.05, 4.69) is 25.5 Å². The molecule has 7 heteroatoms. The quantitative estimate of drug-likeness (QED) is 0.799. The fourth-order valence-electron chi connectivity index (χ4n) is 2.60. The van der Waals surface area contributed by atoms with Crippen molar-refractivity contribution >= 4 is 17.4 Å². The van der Waals surface area contributed by atoms with Crippen LogP contribution >= 0.6 is 0 Å². The topological polar surface area (TPSA) is 85.1 Å². The second-order valence-electron chi connectivity index (χ2n) is 5.35. The number of hydrogen-bond acceptors (Lipinski definition) is 5. The number of nitrogens with zero attached hydrogens (tertiary/aromatic N) is 5. The number of carbonyl (C=O) groups is 1. The Morgan fingerprint density at radius 1 is 1.27 bits per heavy atom. The normalized spacial score (nSPS) is 14.7. The minimum Gasteiger partial charge on any atom is -0.305 e. The number of aromatic nitrogens is 5. The molecule has 0 aromatic carbocycles. The molecule has 0 aliphatic heterocycles. The highest BCUT2D eigenvalue weighted by Gasteiger charge is 2.25. The van der Waals surface area contributed by atoms with Crippen LogP contribution in [0.5, 0.6) is 0 Å². The molecule has 110 valence electrons. The average Bonchev–Trinajstić information content (AvgIpc) is 2.90. The van der Waals surface area contributed by atoms with Crippen LogP contribution < -0.4 is 5.32 Å². The highest BCUT2D eigenvalue weighted by molar-refractivity contribution is 6.07. The molecule has 22 heavy (non-hydrogen) atoms. The number of fused-ring (bicyclic) bond motifs is 1. The van der Waals surface area contributed by atoms with Gasteiger partial charge in [-0.2, -0.15) is 0 Å². The summed E-state index contributed by atoms with van der Waals surface area (Å²) >= 11 is 0. The van der Waals surface area contributed by atoms with Crippen LogP contribution in [0.2, 0.25) is 0 Å². The van der Waals surface area contributed by atoms with Crippen molar-refractivity contribution in [2.45, 2.75) is 25.2 Å². The number of amides is 1. The third-order valence-electron chi connectivity index (χ3n) is 3.98. The largest absolute Gasteiger partial charge is 0.305 e. The van der Waals surface area contributed by atoms with Gasteiger partial charge in [-0.15, -0.1) is 10.2 Å². The van der Waals surface area contributed by atoms with E-state index in [-0.39, 0.29) is 5.91 Å². The molecule has 1 fully saturated rings. The van der Waals surface area contributed by atoms with Crippen molar-refractivity contribution in [1.82, 2.24) is 24.6 Å². The van der Waals surface area contributed by atoms with Gasteiger partial charge in [-0.3, -0.25) is 14.2 Å². The molecule has 0 saturated heterocycles. The first-order valence-corrected chi connectivity index (χ1v) is 7.24. The lowest BCUT2D eigenvalue weighted by Crippen LogP contribution is -2.15. The number of hydrogen-bond donors (Lipinski definition) is 1.